The maximum atomic E-state index is 12.9. The van der Waals surface area contributed by atoms with Crippen LogP contribution in [0.1, 0.15) is 24.5 Å². The van der Waals surface area contributed by atoms with E-state index in [4.69, 9.17) is 42.3 Å². The third-order valence-corrected chi connectivity index (χ3v) is 8.58. The Morgan fingerprint density at radius 1 is 1.00 bits per heavy atom. The van der Waals surface area contributed by atoms with Gasteiger partial charge in [-0.1, -0.05) is 35.3 Å². The molecular formula is C30H34Cl2N2O11. The molecule has 3 aliphatic rings. The molecule has 0 bridgehead atoms. The molecule has 3 fully saturated rings. The summed E-state index contributed by atoms with van der Waals surface area (Å²) in [5.74, 6) is -0.856. The predicted octanol–water partition coefficient (Wildman–Crippen LogP) is 0.903. The van der Waals surface area contributed by atoms with E-state index in [1.54, 1.807) is 24.3 Å². The summed E-state index contributed by atoms with van der Waals surface area (Å²) in [7, 11) is 0. The van der Waals surface area contributed by atoms with Gasteiger partial charge in [0.05, 0.1) is 6.04 Å². The third kappa shape index (κ3) is 7.39. The summed E-state index contributed by atoms with van der Waals surface area (Å²) in [5, 5.41) is 66.4. The topological polar surface area (TPSA) is 199 Å². The molecule has 45 heavy (non-hydrogen) atoms. The van der Waals surface area contributed by atoms with Gasteiger partial charge in [0.1, 0.15) is 62.2 Å². The summed E-state index contributed by atoms with van der Waals surface area (Å²) in [4.78, 5) is 18.2. The van der Waals surface area contributed by atoms with E-state index in [0.717, 1.165) is 0 Å². The highest BCUT2D eigenvalue weighted by Gasteiger charge is 2.53. The SMILES string of the molecule is CC(=Cc1ccc(O[C@@H]2CC(=CNOCc3ccc(Cl)cc3Cl)[C@@H](O)[C@@H]2O)c(O)c1)C(=O)N[C@@H]1[C@H](O)[C@@H](O)[C@H]2OCO[C@H]2[C@@H]1O. The third-order valence-electron chi connectivity index (χ3n) is 8.00. The first-order valence-corrected chi connectivity index (χ1v) is 14.8. The number of aromatic hydroxyl groups is 1. The molecule has 13 nitrogen and oxygen atoms in total. The van der Waals surface area contributed by atoms with Crippen LogP contribution in [0.4, 0.5) is 0 Å². The molecular weight excluding hydrogens is 635 g/mol. The molecule has 5 rings (SSSR count). The van der Waals surface area contributed by atoms with Crippen molar-refractivity contribution in [2.75, 3.05) is 6.79 Å². The molecule has 0 spiro atoms. The van der Waals surface area contributed by atoms with Crippen LogP contribution in [-0.2, 0) is 25.7 Å². The number of hydrogen-bond donors (Lipinski definition) is 8. The average molecular weight is 670 g/mol. The number of ether oxygens (including phenoxy) is 3. The van der Waals surface area contributed by atoms with Gasteiger partial charge in [0, 0.05) is 28.2 Å². The number of hydrogen-bond acceptors (Lipinski definition) is 12. The molecule has 2 aromatic carbocycles. The van der Waals surface area contributed by atoms with Crippen molar-refractivity contribution in [3.8, 4) is 11.5 Å². The van der Waals surface area contributed by atoms with Gasteiger partial charge >= 0.3 is 0 Å². The van der Waals surface area contributed by atoms with Gasteiger partial charge in [-0.2, -0.15) is 0 Å². The number of benzene rings is 2. The van der Waals surface area contributed by atoms with Crippen LogP contribution in [0.15, 0.2) is 53.7 Å². The van der Waals surface area contributed by atoms with Crippen LogP contribution < -0.4 is 15.5 Å². The Morgan fingerprint density at radius 2 is 1.73 bits per heavy atom. The number of nitrogens with one attached hydrogen (secondary N) is 2. The Labute approximate surface area is 268 Å². The Morgan fingerprint density at radius 3 is 2.44 bits per heavy atom. The second kappa shape index (κ2) is 14.2. The number of halogens is 2. The van der Waals surface area contributed by atoms with E-state index in [2.05, 4.69) is 10.8 Å². The van der Waals surface area contributed by atoms with E-state index >= 15 is 0 Å². The van der Waals surface area contributed by atoms with Gasteiger partial charge in [0.15, 0.2) is 11.5 Å². The molecule has 244 valence electrons. The summed E-state index contributed by atoms with van der Waals surface area (Å²) in [6.07, 6.45) is -6.37. The van der Waals surface area contributed by atoms with Crippen LogP contribution in [0, 0.1) is 0 Å². The Kier molecular flexibility index (Phi) is 10.6. The molecule has 9 atom stereocenters. The van der Waals surface area contributed by atoms with Crippen molar-refractivity contribution < 1.29 is 54.5 Å². The average Bonchev–Trinajstić information content (AvgIpc) is 3.60. The van der Waals surface area contributed by atoms with Crippen LogP contribution in [0.3, 0.4) is 0 Å². The van der Waals surface area contributed by atoms with E-state index in [9.17, 15) is 35.4 Å². The lowest BCUT2D eigenvalue weighted by Crippen LogP contribution is -2.67. The second-order valence-corrected chi connectivity index (χ2v) is 11.9. The number of hydroxylamine groups is 1. The lowest BCUT2D eigenvalue weighted by Gasteiger charge is -2.41. The molecule has 1 amide bonds. The van der Waals surface area contributed by atoms with Gasteiger partial charge in [-0.15, -0.1) is 0 Å². The Bertz CT molecular complexity index is 1460. The zero-order valence-corrected chi connectivity index (χ0v) is 25.4. The smallest absolute Gasteiger partial charge is 0.247 e. The maximum Gasteiger partial charge on any atom is 0.247 e. The standard InChI is InChI=1S/C30H34Cl2N2O11/c1-13(30(41)34-22-25(38)27(40)29-28(26(22)39)42-12-43-29)6-14-2-5-20(19(35)7-14)45-21-8-16(23(36)24(21)37)10-33-44-11-15-3-4-17(31)9-18(15)32/h2-7,9-10,21-29,33,35-40H,8,11-12H2,1H3,(H,34,41)/t21-,22-,23-,24-,25+,26-,27-,28+,29-/m1/s1. The predicted molar refractivity (Wildman–Crippen MR) is 160 cm³/mol. The lowest BCUT2D eigenvalue weighted by atomic mass is 9.83. The minimum absolute atomic E-state index is 0.0455. The first kappa shape index (κ1) is 33.4. The molecule has 1 saturated heterocycles. The number of phenols is 1. The monoisotopic (exact) mass is 668 g/mol. The summed E-state index contributed by atoms with van der Waals surface area (Å²) >= 11 is 12.0. The number of phenolic OH excluding ortho intramolecular Hbond substituents is 1. The van der Waals surface area contributed by atoms with E-state index in [1.165, 1.54) is 31.3 Å². The molecule has 2 saturated carbocycles. The number of rotatable bonds is 9. The summed E-state index contributed by atoms with van der Waals surface area (Å²) in [5.41, 5.74) is 4.34. The first-order valence-electron chi connectivity index (χ1n) is 14.1. The molecule has 8 N–H and O–H groups in total. The van der Waals surface area contributed by atoms with E-state index in [-0.39, 0.29) is 36.9 Å². The minimum Gasteiger partial charge on any atom is -0.504 e. The lowest BCUT2D eigenvalue weighted by molar-refractivity contribution is -0.155. The van der Waals surface area contributed by atoms with Crippen LogP contribution in [0.2, 0.25) is 10.0 Å². The molecule has 0 aromatic heterocycles. The van der Waals surface area contributed by atoms with Gasteiger partial charge in [-0.3, -0.25) is 15.1 Å². The minimum atomic E-state index is -1.49. The van der Waals surface area contributed by atoms with Crippen molar-refractivity contribution >= 4 is 35.2 Å². The van der Waals surface area contributed by atoms with Crippen molar-refractivity contribution in [1.82, 2.24) is 10.8 Å². The molecule has 0 radical (unpaired) electrons. The fourth-order valence-corrected chi connectivity index (χ4v) is 5.91. The van der Waals surface area contributed by atoms with Crippen molar-refractivity contribution in [2.24, 2.45) is 0 Å². The quantitative estimate of drug-likeness (QED) is 0.107. The van der Waals surface area contributed by atoms with Crippen molar-refractivity contribution in [3.05, 3.63) is 74.9 Å². The molecule has 1 heterocycles. The number of fused-ring (bicyclic) bond motifs is 1. The van der Waals surface area contributed by atoms with E-state index < -0.39 is 60.8 Å². The largest absolute Gasteiger partial charge is 0.504 e. The van der Waals surface area contributed by atoms with Crippen molar-refractivity contribution in [1.29, 1.82) is 0 Å². The Hall–Kier alpha value is -2.95. The molecule has 2 aromatic rings. The van der Waals surface area contributed by atoms with Gasteiger partial charge in [0.25, 0.3) is 0 Å². The number of amides is 1. The molecule has 15 heteroatoms. The van der Waals surface area contributed by atoms with Crippen LogP contribution >= 0.6 is 23.2 Å². The van der Waals surface area contributed by atoms with Gasteiger partial charge in [-0.05, 0) is 54.0 Å². The molecule has 1 aliphatic heterocycles. The maximum absolute atomic E-state index is 12.9. The first-order chi connectivity index (χ1) is 21.4. The van der Waals surface area contributed by atoms with Crippen molar-refractivity contribution in [2.45, 2.75) is 74.8 Å². The fraction of sp³-hybridized carbons (Fsp3) is 0.433. The molecule has 2 aliphatic carbocycles. The van der Waals surface area contributed by atoms with Gasteiger partial charge in [-0.25, -0.2) is 0 Å². The van der Waals surface area contributed by atoms with Crippen LogP contribution in [-0.4, -0.2) is 98.2 Å². The highest BCUT2D eigenvalue weighted by Crippen LogP contribution is 2.35. The number of carbonyl (C=O) groups is 1. The summed E-state index contributed by atoms with van der Waals surface area (Å²) < 4.78 is 16.3. The number of aliphatic hydroxyl groups excluding tert-OH is 5. The highest BCUT2D eigenvalue weighted by molar-refractivity contribution is 6.35. The number of aliphatic hydroxyl groups is 5. The zero-order chi connectivity index (χ0) is 32.4. The van der Waals surface area contributed by atoms with Gasteiger partial charge in [0.2, 0.25) is 5.91 Å². The van der Waals surface area contributed by atoms with Gasteiger partial charge < -0.3 is 50.2 Å². The number of carbonyl (C=O) groups excluding carboxylic acids is 1. The van der Waals surface area contributed by atoms with Crippen LogP contribution in [0.25, 0.3) is 6.08 Å². The highest BCUT2D eigenvalue weighted by atomic mass is 35.5. The van der Waals surface area contributed by atoms with Crippen molar-refractivity contribution in [3.63, 3.8) is 0 Å². The van der Waals surface area contributed by atoms with E-state index in [1.807, 2.05) is 0 Å². The molecule has 0 unspecified atom stereocenters. The summed E-state index contributed by atoms with van der Waals surface area (Å²) in [6.45, 7) is 1.47. The fourth-order valence-electron chi connectivity index (χ4n) is 5.45. The normalized spacial score (nSPS) is 32.4. The zero-order valence-electron chi connectivity index (χ0n) is 23.9. The Balaban J connectivity index is 1.16. The summed E-state index contributed by atoms with van der Waals surface area (Å²) in [6, 6.07) is 8.15. The second-order valence-electron chi connectivity index (χ2n) is 11.1. The van der Waals surface area contributed by atoms with E-state index in [0.29, 0.717) is 26.7 Å². The van der Waals surface area contributed by atoms with Crippen LogP contribution in [0.5, 0.6) is 11.5 Å².